The van der Waals surface area contributed by atoms with Crippen molar-refractivity contribution in [3.8, 4) is 11.5 Å². The van der Waals surface area contributed by atoms with Crippen LogP contribution < -0.4 is 15.0 Å². The Kier molecular flexibility index (Phi) is 8.32. The van der Waals surface area contributed by atoms with Gasteiger partial charge in [0.1, 0.15) is 5.82 Å². The second-order valence-electron chi connectivity index (χ2n) is 7.52. The summed E-state index contributed by atoms with van der Waals surface area (Å²) >= 11 is 9.73. The van der Waals surface area contributed by atoms with Crippen LogP contribution in [0.2, 0.25) is 5.02 Å². The number of ether oxygens (including phenoxy) is 2. The van der Waals surface area contributed by atoms with E-state index in [1.54, 1.807) is 31.5 Å². The Bertz CT molecular complexity index is 1190. The molecule has 0 unspecified atom stereocenters. The lowest BCUT2D eigenvalue weighted by molar-refractivity contribution is 0.207. The average molecular weight is 521 g/mol. The number of fused-ring (bicyclic) bond motifs is 1. The number of nitrogens with zero attached hydrogens (tertiary/aromatic N) is 3. The molecule has 0 aliphatic carbocycles. The molecule has 0 saturated carbocycles. The van der Waals surface area contributed by atoms with Crippen LogP contribution in [0.4, 0.5) is 0 Å². The van der Waals surface area contributed by atoms with Crippen molar-refractivity contribution in [2.45, 2.75) is 52.6 Å². The first-order valence-corrected chi connectivity index (χ1v) is 11.8. The molecule has 1 aromatic heterocycles. The zero-order chi connectivity index (χ0) is 23.3. The Balaban J connectivity index is 2.16. The summed E-state index contributed by atoms with van der Waals surface area (Å²) in [5.41, 5.74) is 1.05. The van der Waals surface area contributed by atoms with Crippen molar-refractivity contribution in [2.75, 3.05) is 7.11 Å². The molecular weight excluding hydrogens is 494 g/mol. The maximum Gasteiger partial charge on any atom is 0.282 e. The number of rotatable bonds is 9. The molecule has 32 heavy (non-hydrogen) atoms. The molecule has 0 fully saturated rings. The lowest BCUT2D eigenvalue weighted by Crippen LogP contribution is -2.22. The molecule has 2 aromatic carbocycles. The number of hydrogen-bond acceptors (Lipinski definition) is 5. The minimum Gasteiger partial charge on any atom is -0.493 e. The summed E-state index contributed by atoms with van der Waals surface area (Å²) in [7, 11) is 1.56. The number of aromatic nitrogens is 2. The maximum absolute atomic E-state index is 13.3. The molecule has 0 aliphatic rings. The molecule has 0 bridgehead atoms. The molecule has 0 aliphatic heterocycles. The van der Waals surface area contributed by atoms with Gasteiger partial charge in [0.25, 0.3) is 5.56 Å². The van der Waals surface area contributed by atoms with Gasteiger partial charge in [-0.05, 0) is 44.0 Å². The molecule has 0 radical (unpaired) electrons. The highest BCUT2D eigenvalue weighted by atomic mass is 79.9. The number of hydrogen-bond donors (Lipinski definition) is 0. The van der Waals surface area contributed by atoms with Crippen LogP contribution in [-0.4, -0.2) is 29.1 Å². The number of benzene rings is 2. The second kappa shape index (κ2) is 11.0. The van der Waals surface area contributed by atoms with Crippen molar-refractivity contribution in [3.05, 3.63) is 61.6 Å². The van der Waals surface area contributed by atoms with Crippen molar-refractivity contribution in [3.63, 3.8) is 0 Å². The minimum absolute atomic E-state index is 0.0280. The fraction of sp³-hybridized carbons (Fsp3) is 0.375. The van der Waals surface area contributed by atoms with Gasteiger partial charge in [-0.1, -0.05) is 47.8 Å². The van der Waals surface area contributed by atoms with Gasteiger partial charge in [0.15, 0.2) is 11.5 Å². The van der Waals surface area contributed by atoms with Gasteiger partial charge in [-0.25, -0.2) is 4.98 Å². The first kappa shape index (κ1) is 24.3. The summed E-state index contributed by atoms with van der Waals surface area (Å²) in [5.74, 6) is 1.66. The van der Waals surface area contributed by atoms with Crippen molar-refractivity contribution in [1.82, 2.24) is 9.66 Å². The third kappa shape index (κ3) is 5.51. The molecule has 1 heterocycles. The van der Waals surface area contributed by atoms with Crippen LogP contribution >= 0.6 is 27.5 Å². The summed E-state index contributed by atoms with van der Waals surface area (Å²) in [6.45, 7) is 6.12. The van der Waals surface area contributed by atoms with Crippen LogP contribution in [0.3, 0.4) is 0 Å². The molecule has 1 atom stereocenters. The summed E-state index contributed by atoms with van der Waals surface area (Å²) in [5, 5.41) is 5.51. The van der Waals surface area contributed by atoms with Gasteiger partial charge in [0.2, 0.25) is 0 Å². The van der Waals surface area contributed by atoms with E-state index in [4.69, 9.17) is 26.1 Å². The quantitative estimate of drug-likeness (QED) is 0.314. The van der Waals surface area contributed by atoms with Gasteiger partial charge in [-0.15, -0.1) is 0 Å². The molecular formula is C24H27BrClN3O3. The fourth-order valence-corrected chi connectivity index (χ4v) is 3.76. The van der Waals surface area contributed by atoms with E-state index >= 15 is 0 Å². The van der Waals surface area contributed by atoms with Crippen LogP contribution in [0.15, 0.2) is 44.7 Å². The van der Waals surface area contributed by atoms with E-state index in [9.17, 15) is 4.79 Å². The maximum atomic E-state index is 13.3. The molecule has 170 valence electrons. The van der Waals surface area contributed by atoms with Crippen molar-refractivity contribution >= 4 is 44.6 Å². The molecule has 0 spiro atoms. The fourth-order valence-electron chi connectivity index (χ4n) is 3.18. The lowest BCUT2D eigenvalue weighted by atomic mass is 10.2. The van der Waals surface area contributed by atoms with Crippen LogP contribution in [0.25, 0.3) is 10.9 Å². The Hall–Kier alpha value is -2.38. The predicted molar refractivity (Wildman–Crippen MR) is 134 cm³/mol. The third-order valence-corrected chi connectivity index (χ3v) is 5.82. The molecule has 6 nitrogen and oxygen atoms in total. The zero-order valence-electron chi connectivity index (χ0n) is 18.7. The predicted octanol–water partition coefficient (Wildman–Crippen LogP) is 6.22. The SMILES string of the molecule is CCCCc1nc2ccc(Br)cc2c(=O)n1N=Cc1cc(Cl)cc(OC)c1O[C@@H](C)CC. The van der Waals surface area contributed by atoms with E-state index in [1.165, 1.54) is 4.68 Å². The number of aryl methyl sites for hydroxylation is 1. The topological polar surface area (TPSA) is 65.7 Å². The van der Waals surface area contributed by atoms with E-state index in [2.05, 4.69) is 28.0 Å². The number of halogens is 2. The van der Waals surface area contributed by atoms with E-state index in [1.807, 2.05) is 26.0 Å². The normalized spacial score (nSPS) is 12.4. The standard InChI is InChI=1S/C24H27BrClN3O3/c1-5-7-8-22-28-20-10-9-17(25)12-19(20)24(30)29(22)27-14-16-11-18(26)13-21(31-4)23(16)32-15(3)6-2/h9-15H,5-8H2,1-4H3/t15-/m0/s1. The smallest absolute Gasteiger partial charge is 0.282 e. The van der Waals surface area contributed by atoms with Crippen molar-refractivity contribution < 1.29 is 9.47 Å². The van der Waals surface area contributed by atoms with Gasteiger partial charge in [0.05, 0.1) is 30.3 Å². The Morgan fingerprint density at radius 1 is 1.28 bits per heavy atom. The van der Waals surface area contributed by atoms with Gasteiger partial charge in [-0.2, -0.15) is 9.78 Å². The monoisotopic (exact) mass is 519 g/mol. The van der Waals surface area contributed by atoms with Gasteiger partial charge in [0, 0.05) is 27.5 Å². The largest absolute Gasteiger partial charge is 0.493 e. The highest BCUT2D eigenvalue weighted by Gasteiger charge is 2.16. The first-order valence-electron chi connectivity index (χ1n) is 10.7. The third-order valence-electron chi connectivity index (χ3n) is 5.10. The molecule has 3 aromatic rings. The van der Waals surface area contributed by atoms with E-state index < -0.39 is 0 Å². The minimum atomic E-state index is -0.225. The average Bonchev–Trinajstić information content (AvgIpc) is 2.78. The number of methoxy groups -OCH3 is 1. The Morgan fingerprint density at radius 3 is 2.75 bits per heavy atom. The van der Waals surface area contributed by atoms with E-state index in [0.29, 0.717) is 45.2 Å². The van der Waals surface area contributed by atoms with Crippen LogP contribution in [0.5, 0.6) is 11.5 Å². The summed E-state index contributed by atoms with van der Waals surface area (Å²) in [6.07, 6.45) is 4.90. The molecule has 0 N–H and O–H groups in total. The molecule has 0 saturated heterocycles. The summed E-state index contributed by atoms with van der Waals surface area (Å²) in [6, 6.07) is 8.92. The van der Waals surface area contributed by atoms with Gasteiger partial charge >= 0.3 is 0 Å². The second-order valence-corrected chi connectivity index (χ2v) is 8.87. The highest BCUT2D eigenvalue weighted by molar-refractivity contribution is 9.10. The number of unbranched alkanes of at least 4 members (excludes halogenated alkanes) is 1. The summed E-state index contributed by atoms with van der Waals surface area (Å²) in [4.78, 5) is 18.0. The van der Waals surface area contributed by atoms with Crippen LogP contribution in [0, 0.1) is 0 Å². The van der Waals surface area contributed by atoms with Crippen LogP contribution in [-0.2, 0) is 6.42 Å². The zero-order valence-corrected chi connectivity index (χ0v) is 21.0. The highest BCUT2D eigenvalue weighted by Crippen LogP contribution is 2.35. The summed E-state index contributed by atoms with van der Waals surface area (Å²) < 4.78 is 13.7. The van der Waals surface area contributed by atoms with E-state index in [0.717, 1.165) is 23.7 Å². The Labute approximate surface area is 201 Å². The van der Waals surface area contributed by atoms with Gasteiger partial charge in [-0.3, -0.25) is 4.79 Å². The first-order chi connectivity index (χ1) is 15.4. The molecule has 0 amide bonds. The van der Waals surface area contributed by atoms with Crippen molar-refractivity contribution in [2.24, 2.45) is 5.10 Å². The van der Waals surface area contributed by atoms with Crippen molar-refractivity contribution in [1.29, 1.82) is 0 Å². The Morgan fingerprint density at radius 2 is 2.06 bits per heavy atom. The van der Waals surface area contributed by atoms with Crippen LogP contribution in [0.1, 0.15) is 51.4 Å². The molecule has 8 heteroatoms. The van der Waals surface area contributed by atoms with E-state index in [-0.39, 0.29) is 11.7 Å². The van der Waals surface area contributed by atoms with Gasteiger partial charge < -0.3 is 9.47 Å². The molecule has 3 rings (SSSR count). The lowest BCUT2D eigenvalue weighted by Gasteiger charge is -2.18.